The summed E-state index contributed by atoms with van der Waals surface area (Å²) in [6.07, 6.45) is 4.94. The van der Waals surface area contributed by atoms with E-state index in [4.69, 9.17) is 0 Å². The van der Waals surface area contributed by atoms with E-state index in [-0.39, 0.29) is 5.92 Å². The zero-order valence-electron chi connectivity index (χ0n) is 19.6. The second-order valence-corrected chi connectivity index (χ2v) is 9.36. The lowest BCUT2D eigenvalue weighted by atomic mass is 9.98. The van der Waals surface area contributed by atoms with Crippen molar-refractivity contribution in [2.24, 2.45) is 5.92 Å². The number of rotatable bonds is 8. The van der Waals surface area contributed by atoms with Crippen molar-refractivity contribution in [3.8, 4) is 11.5 Å². The molecule has 3 N–H and O–H groups in total. The molecule has 0 radical (unpaired) electrons. The highest BCUT2D eigenvalue weighted by Gasteiger charge is 2.25. The van der Waals surface area contributed by atoms with Crippen LogP contribution in [0.1, 0.15) is 24.2 Å². The van der Waals surface area contributed by atoms with Crippen LogP contribution in [0.2, 0.25) is 0 Å². The van der Waals surface area contributed by atoms with Crippen molar-refractivity contribution in [2.75, 3.05) is 23.7 Å². The summed E-state index contributed by atoms with van der Waals surface area (Å²) in [4.78, 5) is 40.2. The van der Waals surface area contributed by atoms with E-state index in [1.807, 2.05) is 30.5 Å². The van der Waals surface area contributed by atoms with E-state index in [9.17, 15) is 9.90 Å². The molecule has 4 aromatic heterocycles. The van der Waals surface area contributed by atoms with Gasteiger partial charge in [0.15, 0.2) is 11.0 Å². The van der Waals surface area contributed by atoms with Crippen LogP contribution in [-0.4, -0.2) is 59.0 Å². The SMILES string of the molecule is Cc1cccc(-c2nccc(Nc3ccnc(Nc4nc(CN5CCCC(C(=O)O)C5)cs4)n3)n2)n1. The molecule has 1 unspecified atom stereocenters. The van der Waals surface area contributed by atoms with Gasteiger partial charge in [-0.25, -0.2) is 24.9 Å². The molecule has 0 saturated carbocycles. The molecule has 0 aromatic carbocycles. The molecule has 11 nitrogen and oxygen atoms in total. The molecule has 1 saturated heterocycles. The van der Waals surface area contributed by atoms with Crippen LogP contribution in [0.4, 0.5) is 22.7 Å². The Balaban J connectivity index is 1.22. The van der Waals surface area contributed by atoms with Gasteiger partial charge in [-0.2, -0.15) is 4.98 Å². The molecule has 1 aliphatic rings. The Hall–Kier alpha value is -4.03. The molecular formula is C24H25N9O2S. The molecular weight excluding hydrogens is 478 g/mol. The van der Waals surface area contributed by atoms with Crippen LogP contribution < -0.4 is 10.6 Å². The average molecular weight is 504 g/mol. The van der Waals surface area contributed by atoms with Gasteiger partial charge in [0.05, 0.1) is 11.6 Å². The fourth-order valence-electron chi connectivity index (χ4n) is 4.00. The second kappa shape index (κ2) is 10.7. The van der Waals surface area contributed by atoms with Crippen molar-refractivity contribution < 1.29 is 9.90 Å². The molecule has 1 atom stereocenters. The summed E-state index contributed by atoms with van der Waals surface area (Å²) in [7, 11) is 0. The Labute approximate surface area is 211 Å². The normalized spacial score (nSPS) is 16.0. The maximum Gasteiger partial charge on any atom is 0.307 e. The monoisotopic (exact) mass is 503 g/mol. The minimum atomic E-state index is -0.726. The number of carboxylic acids is 1. The molecule has 12 heteroatoms. The highest BCUT2D eigenvalue weighted by molar-refractivity contribution is 7.13. The van der Waals surface area contributed by atoms with Gasteiger partial charge in [-0.1, -0.05) is 6.07 Å². The number of nitrogens with zero attached hydrogens (tertiary/aromatic N) is 7. The van der Waals surface area contributed by atoms with Gasteiger partial charge in [-0.3, -0.25) is 15.0 Å². The summed E-state index contributed by atoms with van der Waals surface area (Å²) in [6, 6.07) is 9.23. The van der Waals surface area contributed by atoms with Crippen LogP contribution in [0.15, 0.2) is 48.1 Å². The number of aromatic nitrogens is 6. The fraction of sp³-hybridized carbons (Fsp3) is 0.292. The van der Waals surface area contributed by atoms with Crippen molar-refractivity contribution in [3.05, 3.63) is 59.5 Å². The van der Waals surface area contributed by atoms with Gasteiger partial charge in [0.25, 0.3) is 0 Å². The molecule has 0 aliphatic carbocycles. The number of hydrogen-bond acceptors (Lipinski definition) is 11. The van der Waals surface area contributed by atoms with Gasteiger partial charge in [0.1, 0.15) is 17.3 Å². The molecule has 1 aliphatic heterocycles. The first-order chi connectivity index (χ1) is 17.5. The number of aryl methyl sites for hydroxylation is 1. The van der Waals surface area contributed by atoms with Gasteiger partial charge < -0.3 is 10.4 Å². The van der Waals surface area contributed by atoms with Crippen LogP contribution in [0.3, 0.4) is 0 Å². The van der Waals surface area contributed by atoms with Crippen LogP contribution in [0.25, 0.3) is 11.5 Å². The number of carboxylic acid groups (broad SMARTS) is 1. The summed E-state index contributed by atoms with van der Waals surface area (Å²) >= 11 is 1.46. The highest BCUT2D eigenvalue weighted by atomic mass is 32.1. The topological polar surface area (TPSA) is 142 Å². The maximum atomic E-state index is 11.3. The van der Waals surface area contributed by atoms with Gasteiger partial charge >= 0.3 is 5.97 Å². The zero-order valence-corrected chi connectivity index (χ0v) is 20.4. The Kier molecular flexibility index (Phi) is 7.05. The van der Waals surface area contributed by atoms with Crippen LogP contribution >= 0.6 is 11.3 Å². The van der Waals surface area contributed by atoms with Gasteiger partial charge in [-0.05, 0) is 50.6 Å². The summed E-state index contributed by atoms with van der Waals surface area (Å²) < 4.78 is 0. The number of likely N-dealkylation sites (tertiary alicyclic amines) is 1. The van der Waals surface area contributed by atoms with E-state index in [1.54, 1.807) is 24.5 Å². The maximum absolute atomic E-state index is 11.3. The molecule has 0 amide bonds. The number of nitrogens with one attached hydrogen (secondary N) is 2. The summed E-state index contributed by atoms with van der Waals surface area (Å²) in [6.45, 7) is 3.98. The molecule has 5 rings (SSSR count). The largest absolute Gasteiger partial charge is 0.481 e. The minimum absolute atomic E-state index is 0.308. The lowest BCUT2D eigenvalue weighted by molar-refractivity contribution is -0.143. The standard InChI is InChI=1S/C24H25N9O2S/c1-15-4-2-6-18(27-15)21-25-9-7-19(30-21)29-20-8-10-26-23(31-20)32-24-28-17(14-36-24)13-33-11-3-5-16(12-33)22(34)35/h2,4,6-10,14,16H,3,5,11-13H2,1H3,(H,34,35)(H2,25,26,28,29,30,31,32). The third-order valence-corrected chi connectivity index (χ3v) is 6.50. The number of aliphatic carboxylic acids is 1. The summed E-state index contributed by atoms with van der Waals surface area (Å²) in [5, 5.41) is 18.3. The molecule has 36 heavy (non-hydrogen) atoms. The zero-order chi connectivity index (χ0) is 24.9. The first kappa shape index (κ1) is 23.7. The van der Waals surface area contributed by atoms with Gasteiger partial charge in [0.2, 0.25) is 5.95 Å². The van der Waals surface area contributed by atoms with Crippen LogP contribution in [0.5, 0.6) is 0 Å². The molecule has 5 heterocycles. The molecule has 0 bridgehead atoms. The third kappa shape index (κ3) is 5.96. The quantitative estimate of drug-likeness (QED) is 0.322. The number of carbonyl (C=O) groups is 1. The van der Waals surface area contributed by atoms with E-state index < -0.39 is 5.97 Å². The highest BCUT2D eigenvalue weighted by Crippen LogP contribution is 2.24. The number of thiazole rings is 1. The van der Waals surface area contributed by atoms with E-state index in [2.05, 4.69) is 45.4 Å². The van der Waals surface area contributed by atoms with Crippen molar-refractivity contribution in [2.45, 2.75) is 26.3 Å². The van der Waals surface area contributed by atoms with Crippen molar-refractivity contribution >= 4 is 40.0 Å². The van der Waals surface area contributed by atoms with Crippen LogP contribution in [0, 0.1) is 12.8 Å². The lowest BCUT2D eigenvalue weighted by Gasteiger charge is -2.29. The molecule has 184 valence electrons. The Morgan fingerprint density at radius 3 is 2.75 bits per heavy atom. The fourth-order valence-corrected chi connectivity index (χ4v) is 4.70. The van der Waals surface area contributed by atoms with Crippen molar-refractivity contribution in [3.63, 3.8) is 0 Å². The predicted octanol–water partition coefficient (Wildman–Crippen LogP) is 3.88. The Morgan fingerprint density at radius 1 is 1.08 bits per heavy atom. The Morgan fingerprint density at radius 2 is 1.92 bits per heavy atom. The van der Waals surface area contributed by atoms with Crippen molar-refractivity contribution in [1.29, 1.82) is 0 Å². The van der Waals surface area contributed by atoms with Crippen molar-refractivity contribution in [1.82, 2.24) is 34.8 Å². The Bertz CT molecular complexity index is 1360. The van der Waals surface area contributed by atoms with E-state index >= 15 is 0 Å². The molecule has 4 aromatic rings. The third-order valence-electron chi connectivity index (χ3n) is 5.70. The van der Waals surface area contributed by atoms with Crippen LogP contribution in [-0.2, 0) is 11.3 Å². The van der Waals surface area contributed by atoms with E-state index in [0.717, 1.165) is 30.8 Å². The second-order valence-electron chi connectivity index (χ2n) is 8.50. The first-order valence-corrected chi connectivity index (χ1v) is 12.4. The number of pyridine rings is 1. The number of piperidine rings is 1. The summed E-state index contributed by atoms with van der Waals surface area (Å²) in [5.74, 6) is 1.05. The number of hydrogen-bond donors (Lipinski definition) is 3. The molecule has 1 fully saturated rings. The van der Waals surface area contributed by atoms with Gasteiger partial charge in [0, 0.05) is 36.6 Å². The van der Waals surface area contributed by atoms with E-state index in [1.165, 1.54) is 11.3 Å². The lowest BCUT2D eigenvalue weighted by Crippen LogP contribution is -2.38. The first-order valence-electron chi connectivity index (χ1n) is 11.6. The predicted molar refractivity (Wildman–Crippen MR) is 136 cm³/mol. The molecule has 0 spiro atoms. The van der Waals surface area contributed by atoms with E-state index in [0.29, 0.717) is 47.3 Å². The number of anilines is 4. The summed E-state index contributed by atoms with van der Waals surface area (Å²) in [5.41, 5.74) is 2.49. The smallest absolute Gasteiger partial charge is 0.307 e. The minimum Gasteiger partial charge on any atom is -0.481 e. The van der Waals surface area contributed by atoms with Gasteiger partial charge in [-0.15, -0.1) is 11.3 Å². The average Bonchev–Trinajstić information content (AvgIpc) is 3.31.